The van der Waals surface area contributed by atoms with Gasteiger partial charge in [0.25, 0.3) is 0 Å². The zero-order chi connectivity index (χ0) is 28.9. The van der Waals surface area contributed by atoms with Gasteiger partial charge in [-0.25, -0.2) is 0 Å². The predicted molar refractivity (Wildman–Crippen MR) is 176 cm³/mol. The molecule has 0 saturated carbocycles. The molecule has 0 N–H and O–H groups in total. The molecule has 0 radical (unpaired) electrons. The van der Waals surface area contributed by atoms with Crippen LogP contribution in [-0.4, -0.2) is 4.57 Å². The number of nitriles is 1. The minimum absolute atomic E-state index is 0.112. The van der Waals surface area contributed by atoms with E-state index in [1.807, 2.05) is 12.1 Å². The average molecular weight is 551 g/mol. The Morgan fingerprint density at radius 1 is 0.558 bits per heavy atom. The molecule has 2 heterocycles. The van der Waals surface area contributed by atoms with Gasteiger partial charge in [0.05, 0.1) is 28.4 Å². The summed E-state index contributed by atoms with van der Waals surface area (Å²) < 4.78 is 9.25. The maximum atomic E-state index is 10.4. The van der Waals surface area contributed by atoms with Crippen LogP contribution >= 0.6 is 0 Å². The molecule has 0 bridgehead atoms. The first kappa shape index (κ1) is 24.1. The van der Waals surface area contributed by atoms with Gasteiger partial charge in [0.15, 0.2) is 0 Å². The van der Waals surface area contributed by atoms with E-state index in [0.717, 1.165) is 49.8 Å². The Kier molecular flexibility index (Phi) is 4.74. The van der Waals surface area contributed by atoms with Gasteiger partial charge in [-0.2, -0.15) is 5.26 Å². The first-order valence-corrected chi connectivity index (χ1v) is 14.7. The number of fused-ring (bicyclic) bond motifs is 10. The van der Waals surface area contributed by atoms with Crippen molar-refractivity contribution in [2.24, 2.45) is 0 Å². The molecule has 6 aromatic carbocycles. The molecule has 0 aliphatic heterocycles. The molecule has 9 rings (SSSR count). The molecule has 3 heteroatoms. The van der Waals surface area contributed by atoms with Crippen molar-refractivity contribution in [1.82, 2.24) is 4.57 Å². The van der Waals surface area contributed by atoms with Gasteiger partial charge in [0.1, 0.15) is 11.2 Å². The fraction of sp³-hybridized carbons (Fsp3) is 0.0750. The molecule has 0 spiro atoms. The van der Waals surface area contributed by atoms with Crippen molar-refractivity contribution in [3.63, 3.8) is 0 Å². The van der Waals surface area contributed by atoms with E-state index in [1.54, 1.807) is 0 Å². The van der Waals surface area contributed by atoms with E-state index in [9.17, 15) is 5.26 Å². The summed E-state index contributed by atoms with van der Waals surface area (Å²) in [7, 11) is 0. The van der Waals surface area contributed by atoms with Crippen LogP contribution < -0.4 is 0 Å². The Bertz CT molecular complexity index is 2450. The molecular weight excluding hydrogens is 524 g/mol. The third-order valence-corrected chi connectivity index (χ3v) is 9.46. The van der Waals surface area contributed by atoms with Crippen molar-refractivity contribution in [3.05, 3.63) is 138 Å². The van der Waals surface area contributed by atoms with E-state index in [4.69, 9.17) is 4.42 Å². The topological polar surface area (TPSA) is 41.9 Å². The van der Waals surface area contributed by atoms with Crippen molar-refractivity contribution in [1.29, 1.82) is 5.26 Å². The molecule has 2 aromatic heterocycles. The van der Waals surface area contributed by atoms with E-state index in [-0.39, 0.29) is 5.41 Å². The second kappa shape index (κ2) is 8.47. The van der Waals surface area contributed by atoms with Gasteiger partial charge in [0.2, 0.25) is 0 Å². The second-order valence-electron chi connectivity index (χ2n) is 12.0. The minimum atomic E-state index is -0.112. The molecular formula is C40H26N2O. The number of aromatic nitrogens is 1. The van der Waals surface area contributed by atoms with E-state index in [1.165, 1.54) is 33.0 Å². The molecule has 1 aliphatic rings. The molecule has 43 heavy (non-hydrogen) atoms. The highest BCUT2D eigenvalue weighted by Crippen LogP contribution is 2.53. The van der Waals surface area contributed by atoms with Crippen LogP contribution in [0.3, 0.4) is 0 Å². The highest BCUT2D eigenvalue weighted by Gasteiger charge is 2.37. The van der Waals surface area contributed by atoms with Crippen LogP contribution in [0.15, 0.2) is 126 Å². The summed E-state index contributed by atoms with van der Waals surface area (Å²) in [5, 5.41) is 15.0. The number of rotatable bonds is 2. The quantitative estimate of drug-likeness (QED) is 0.215. The highest BCUT2D eigenvalue weighted by atomic mass is 16.3. The standard InChI is InChI=1S/C40H26N2O/c1-40(2)31-17-6-3-14-29(31)37-32(40)22-21-28-27-15-10-16-30(38(27)43-39(28)37)36-24(23-41)11-9-20-35(36)42-33-18-7-4-12-25(33)26-13-5-8-19-34(26)42/h3-22H,1-2H3. The van der Waals surface area contributed by atoms with Crippen molar-refractivity contribution in [2.45, 2.75) is 19.3 Å². The van der Waals surface area contributed by atoms with Crippen molar-refractivity contribution < 1.29 is 4.42 Å². The molecule has 1 aliphatic carbocycles. The molecule has 0 fully saturated rings. The summed E-state index contributed by atoms with van der Waals surface area (Å²) in [4.78, 5) is 0. The SMILES string of the molecule is CC1(C)c2ccccc2-c2c1ccc1c2oc2c(-c3c(C#N)cccc3-n3c4ccccc4c4ccccc43)cccc21. The Morgan fingerprint density at radius 3 is 1.95 bits per heavy atom. The van der Waals surface area contributed by atoms with Gasteiger partial charge in [-0.1, -0.05) is 111 Å². The minimum Gasteiger partial charge on any atom is -0.455 e. The predicted octanol–water partition coefficient (Wildman–Crippen LogP) is 10.5. The van der Waals surface area contributed by atoms with Crippen LogP contribution in [0.5, 0.6) is 0 Å². The summed E-state index contributed by atoms with van der Waals surface area (Å²) in [6, 6.07) is 44.9. The molecule has 0 amide bonds. The van der Waals surface area contributed by atoms with Crippen LogP contribution in [0, 0.1) is 11.3 Å². The van der Waals surface area contributed by atoms with Crippen molar-refractivity contribution in [2.75, 3.05) is 0 Å². The fourth-order valence-corrected chi connectivity index (χ4v) is 7.52. The number of nitrogens with zero attached hydrogens (tertiary/aromatic N) is 2. The van der Waals surface area contributed by atoms with Crippen LogP contribution in [0.25, 0.3) is 71.7 Å². The third-order valence-electron chi connectivity index (χ3n) is 9.46. The van der Waals surface area contributed by atoms with E-state index < -0.39 is 0 Å². The molecule has 0 unspecified atom stereocenters. The fourth-order valence-electron chi connectivity index (χ4n) is 7.52. The number of hydrogen-bond acceptors (Lipinski definition) is 2. The van der Waals surface area contributed by atoms with E-state index in [0.29, 0.717) is 5.56 Å². The van der Waals surface area contributed by atoms with Gasteiger partial charge in [-0.05, 0) is 41.0 Å². The maximum absolute atomic E-state index is 10.4. The first-order valence-electron chi connectivity index (χ1n) is 14.7. The third kappa shape index (κ3) is 3.07. The number of hydrogen-bond donors (Lipinski definition) is 0. The summed E-state index contributed by atoms with van der Waals surface area (Å²) >= 11 is 0. The lowest BCUT2D eigenvalue weighted by atomic mass is 9.82. The number of para-hydroxylation sites is 3. The van der Waals surface area contributed by atoms with E-state index in [2.05, 4.69) is 134 Å². The van der Waals surface area contributed by atoms with Crippen LogP contribution in [0.2, 0.25) is 0 Å². The molecule has 0 atom stereocenters. The Balaban J connectivity index is 1.40. The normalized spacial score (nSPS) is 13.5. The zero-order valence-electron chi connectivity index (χ0n) is 23.8. The average Bonchev–Trinajstić information content (AvgIpc) is 3.67. The maximum Gasteiger partial charge on any atom is 0.143 e. The lowest BCUT2D eigenvalue weighted by Gasteiger charge is -2.21. The molecule has 202 valence electrons. The molecule has 0 saturated heterocycles. The Labute approximate surface area is 248 Å². The Hall–Kier alpha value is -5.59. The van der Waals surface area contributed by atoms with Crippen LogP contribution in [-0.2, 0) is 5.41 Å². The summed E-state index contributed by atoms with van der Waals surface area (Å²) in [5.41, 5.74) is 12.2. The number of benzene rings is 6. The van der Waals surface area contributed by atoms with Gasteiger partial charge in [0, 0.05) is 43.7 Å². The summed E-state index contributed by atoms with van der Waals surface area (Å²) in [6.45, 7) is 4.58. The number of furan rings is 1. The zero-order valence-corrected chi connectivity index (χ0v) is 23.8. The lowest BCUT2D eigenvalue weighted by molar-refractivity contribution is 0.653. The van der Waals surface area contributed by atoms with E-state index >= 15 is 0 Å². The van der Waals surface area contributed by atoms with Crippen LogP contribution in [0.4, 0.5) is 0 Å². The van der Waals surface area contributed by atoms with Gasteiger partial charge < -0.3 is 8.98 Å². The van der Waals surface area contributed by atoms with Gasteiger partial charge in [-0.15, -0.1) is 0 Å². The largest absolute Gasteiger partial charge is 0.455 e. The smallest absolute Gasteiger partial charge is 0.143 e. The van der Waals surface area contributed by atoms with Crippen molar-refractivity contribution >= 4 is 43.7 Å². The monoisotopic (exact) mass is 550 g/mol. The van der Waals surface area contributed by atoms with Crippen molar-refractivity contribution in [3.8, 4) is 34.0 Å². The summed E-state index contributed by atoms with van der Waals surface area (Å²) in [6.07, 6.45) is 0. The molecule has 8 aromatic rings. The highest BCUT2D eigenvalue weighted by molar-refractivity contribution is 6.16. The second-order valence-corrected chi connectivity index (χ2v) is 12.0. The van der Waals surface area contributed by atoms with Crippen LogP contribution in [0.1, 0.15) is 30.5 Å². The Morgan fingerprint density at radius 2 is 1.19 bits per heavy atom. The first-order chi connectivity index (χ1) is 21.1. The van der Waals surface area contributed by atoms with Gasteiger partial charge >= 0.3 is 0 Å². The van der Waals surface area contributed by atoms with Gasteiger partial charge in [-0.3, -0.25) is 0 Å². The molecule has 3 nitrogen and oxygen atoms in total. The lowest BCUT2D eigenvalue weighted by Crippen LogP contribution is -2.14. The summed E-state index contributed by atoms with van der Waals surface area (Å²) in [5.74, 6) is 0.